The van der Waals surface area contributed by atoms with Gasteiger partial charge < -0.3 is 9.32 Å². The van der Waals surface area contributed by atoms with Gasteiger partial charge in [0.1, 0.15) is 11.2 Å². The topological polar surface area (TPSA) is 16.4 Å². The third-order valence-corrected chi connectivity index (χ3v) is 11.6. The summed E-state index contributed by atoms with van der Waals surface area (Å²) in [7, 11) is 0. The van der Waals surface area contributed by atoms with Gasteiger partial charge in [-0.1, -0.05) is 135 Å². The van der Waals surface area contributed by atoms with Crippen LogP contribution in [0, 0.1) is 0 Å². The van der Waals surface area contributed by atoms with E-state index < -0.39 is 0 Å². The second-order valence-electron chi connectivity index (χ2n) is 14.9. The number of fused-ring (bicyclic) bond motifs is 11. The number of anilines is 3. The lowest BCUT2D eigenvalue weighted by Gasteiger charge is -2.28. The molecule has 0 N–H and O–H groups in total. The highest BCUT2D eigenvalue weighted by molar-refractivity contribution is 6.17. The monoisotopic (exact) mass is 677 g/mol. The largest absolute Gasteiger partial charge is 0.456 e. The first-order valence-corrected chi connectivity index (χ1v) is 18.4. The molecule has 0 radical (unpaired) electrons. The molecular weight excluding hydrogens is 643 g/mol. The summed E-state index contributed by atoms with van der Waals surface area (Å²) in [5.74, 6) is 0. The van der Waals surface area contributed by atoms with Crippen LogP contribution in [0.25, 0.3) is 76.5 Å². The van der Waals surface area contributed by atoms with E-state index in [1.807, 2.05) is 12.1 Å². The maximum atomic E-state index is 6.24. The number of para-hydroxylation sites is 1. The predicted octanol–water partition coefficient (Wildman–Crippen LogP) is 14.5. The molecule has 9 aromatic carbocycles. The number of rotatable bonds is 4. The molecule has 2 nitrogen and oxygen atoms in total. The van der Waals surface area contributed by atoms with Crippen molar-refractivity contribution in [2.45, 2.75) is 19.3 Å². The van der Waals surface area contributed by atoms with Crippen molar-refractivity contribution < 1.29 is 4.42 Å². The van der Waals surface area contributed by atoms with Crippen molar-refractivity contribution in [2.24, 2.45) is 0 Å². The maximum Gasteiger partial charge on any atom is 0.135 e. The Morgan fingerprint density at radius 1 is 0.377 bits per heavy atom. The fourth-order valence-corrected chi connectivity index (χ4v) is 8.94. The van der Waals surface area contributed by atoms with Crippen LogP contribution in [0.3, 0.4) is 0 Å². The number of furan rings is 1. The molecule has 0 aliphatic heterocycles. The second kappa shape index (κ2) is 11.2. The number of hydrogen-bond acceptors (Lipinski definition) is 2. The molecule has 10 aromatic rings. The molecule has 0 saturated carbocycles. The Kier molecular flexibility index (Phi) is 6.33. The molecular formula is C51H35NO. The molecule has 1 aliphatic carbocycles. The molecule has 0 fully saturated rings. The van der Waals surface area contributed by atoms with Crippen LogP contribution >= 0.6 is 0 Å². The van der Waals surface area contributed by atoms with E-state index in [4.69, 9.17) is 4.42 Å². The standard InChI is InChI=1S/C51H35NO/c1-51(2)47-13-7-5-11-43(47)44-27-22-38(31-48(44)51)52(37-23-28-50-46(30-37)45-12-6-8-14-49(45)53-50)36-20-15-32(16-21-36)34-18-24-40-35(29-34)19-26-41-39-10-4-3-9-33(39)17-25-42(40)41/h3-31H,1-2H3. The Labute approximate surface area is 308 Å². The Hall–Kier alpha value is -6.64. The average Bonchev–Trinajstić information content (AvgIpc) is 3.69. The molecule has 250 valence electrons. The molecule has 1 heterocycles. The summed E-state index contributed by atoms with van der Waals surface area (Å²) in [6, 6.07) is 64.3. The van der Waals surface area contributed by atoms with Crippen molar-refractivity contribution in [3.8, 4) is 22.3 Å². The van der Waals surface area contributed by atoms with Gasteiger partial charge in [-0.3, -0.25) is 0 Å². The normalized spacial score (nSPS) is 13.2. The highest BCUT2D eigenvalue weighted by atomic mass is 16.3. The average molecular weight is 678 g/mol. The minimum Gasteiger partial charge on any atom is -0.456 e. The number of hydrogen-bond donors (Lipinski definition) is 0. The Morgan fingerprint density at radius 2 is 0.981 bits per heavy atom. The van der Waals surface area contributed by atoms with Gasteiger partial charge in [-0.15, -0.1) is 0 Å². The number of benzene rings is 9. The van der Waals surface area contributed by atoms with Gasteiger partial charge in [0.2, 0.25) is 0 Å². The highest BCUT2D eigenvalue weighted by Crippen LogP contribution is 2.51. The first-order valence-electron chi connectivity index (χ1n) is 18.4. The van der Waals surface area contributed by atoms with Gasteiger partial charge >= 0.3 is 0 Å². The van der Waals surface area contributed by atoms with Gasteiger partial charge in [0.25, 0.3) is 0 Å². The van der Waals surface area contributed by atoms with Crippen molar-refractivity contribution in [3.63, 3.8) is 0 Å². The Morgan fingerprint density at radius 3 is 1.85 bits per heavy atom. The van der Waals surface area contributed by atoms with Gasteiger partial charge in [-0.05, 0) is 120 Å². The van der Waals surface area contributed by atoms with E-state index in [9.17, 15) is 0 Å². The van der Waals surface area contributed by atoms with Crippen LogP contribution in [-0.2, 0) is 5.41 Å². The lowest BCUT2D eigenvalue weighted by atomic mass is 9.82. The van der Waals surface area contributed by atoms with Crippen molar-refractivity contribution in [1.82, 2.24) is 0 Å². The third kappa shape index (κ3) is 4.52. The molecule has 0 bridgehead atoms. The SMILES string of the molecule is CC1(C)c2ccccc2-c2ccc(N(c3ccc(-c4ccc5c(ccc6c7ccccc7ccc56)c4)cc3)c3ccc4oc5ccccc5c4c3)cc21. The van der Waals surface area contributed by atoms with E-state index in [1.54, 1.807) is 0 Å². The van der Waals surface area contributed by atoms with Crippen molar-refractivity contribution in [2.75, 3.05) is 4.90 Å². The molecule has 0 unspecified atom stereocenters. The van der Waals surface area contributed by atoms with Crippen LogP contribution in [0.5, 0.6) is 0 Å². The molecule has 11 rings (SSSR count). The summed E-state index contributed by atoms with van der Waals surface area (Å²) in [4.78, 5) is 2.39. The molecule has 53 heavy (non-hydrogen) atoms. The second-order valence-corrected chi connectivity index (χ2v) is 14.9. The van der Waals surface area contributed by atoms with E-state index in [1.165, 1.54) is 65.7 Å². The van der Waals surface area contributed by atoms with Crippen molar-refractivity contribution >= 4 is 71.3 Å². The fraction of sp³-hybridized carbons (Fsp3) is 0.0588. The van der Waals surface area contributed by atoms with Gasteiger partial charge in [-0.25, -0.2) is 0 Å². The summed E-state index contributed by atoms with van der Waals surface area (Å²) in [6.45, 7) is 4.69. The molecule has 0 atom stereocenters. The van der Waals surface area contributed by atoms with Gasteiger partial charge in [-0.2, -0.15) is 0 Å². The smallest absolute Gasteiger partial charge is 0.135 e. The van der Waals surface area contributed by atoms with Gasteiger partial charge in [0.05, 0.1) is 0 Å². The third-order valence-electron chi connectivity index (χ3n) is 11.6. The first-order chi connectivity index (χ1) is 26.0. The summed E-state index contributed by atoms with van der Waals surface area (Å²) >= 11 is 0. The van der Waals surface area contributed by atoms with Crippen LogP contribution in [-0.4, -0.2) is 0 Å². The highest BCUT2D eigenvalue weighted by Gasteiger charge is 2.35. The van der Waals surface area contributed by atoms with E-state index in [2.05, 4.69) is 183 Å². The molecule has 1 aliphatic rings. The molecule has 0 spiro atoms. The number of nitrogens with zero attached hydrogens (tertiary/aromatic N) is 1. The summed E-state index contributed by atoms with van der Waals surface area (Å²) < 4.78 is 6.24. The Bertz CT molecular complexity index is 3090. The lowest BCUT2D eigenvalue weighted by Crippen LogP contribution is -2.16. The lowest BCUT2D eigenvalue weighted by molar-refractivity contribution is 0.660. The molecule has 1 aromatic heterocycles. The Balaban J connectivity index is 1.03. The minimum absolute atomic E-state index is 0.101. The van der Waals surface area contributed by atoms with E-state index >= 15 is 0 Å². The van der Waals surface area contributed by atoms with E-state index in [-0.39, 0.29) is 5.41 Å². The molecule has 2 heteroatoms. The zero-order chi connectivity index (χ0) is 35.3. The van der Waals surface area contributed by atoms with Crippen molar-refractivity contribution in [3.05, 3.63) is 187 Å². The summed E-state index contributed by atoms with van der Waals surface area (Å²) in [5, 5.41) is 9.94. The van der Waals surface area contributed by atoms with Crippen LogP contribution < -0.4 is 4.90 Å². The first kappa shape index (κ1) is 30.0. The van der Waals surface area contributed by atoms with Gasteiger partial charge in [0.15, 0.2) is 0 Å². The minimum atomic E-state index is -0.101. The van der Waals surface area contributed by atoms with Crippen LogP contribution in [0.1, 0.15) is 25.0 Å². The molecule has 0 amide bonds. The van der Waals surface area contributed by atoms with Crippen LogP contribution in [0.2, 0.25) is 0 Å². The van der Waals surface area contributed by atoms with Crippen LogP contribution in [0.15, 0.2) is 180 Å². The summed E-state index contributed by atoms with van der Waals surface area (Å²) in [6.07, 6.45) is 0. The van der Waals surface area contributed by atoms with E-state index in [0.717, 1.165) is 39.0 Å². The predicted molar refractivity (Wildman–Crippen MR) is 224 cm³/mol. The van der Waals surface area contributed by atoms with Gasteiger partial charge in [0, 0.05) is 33.2 Å². The van der Waals surface area contributed by atoms with Crippen LogP contribution in [0.4, 0.5) is 17.1 Å². The van der Waals surface area contributed by atoms with Crippen molar-refractivity contribution in [1.29, 1.82) is 0 Å². The van der Waals surface area contributed by atoms with E-state index in [0.29, 0.717) is 0 Å². The maximum absolute atomic E-state index is 6.24. The zero-order valence-corrected chi connectivity index (χ0v) is 29.6. The summed E-state index contributed by atoms with van der Waals surface area (Å²) in [5.41, 5.74) is 12.8. The quantitative estimate of drug-likeness (QED) is 0.172. The zero-order valence-electron chi connectivity index (χ0n) is 29.6. The fourth-order valence-electron chi connectivity index (χ4n) is 8.94. The molecule has 0 saturated heterocycles.